The Hall–Kier alpha value is -2.39. The Labute approximate surface area is 135 Å². The van der Waals surface area contributed by atoms with Gasteiger partial charge >= 0.3 is 0 Å². The molecule has 2 aromatic carbocycles. The molecule has 2 aromatic rings. The van der Waals surface area contributed by atoms with Crippen molar-refractivity contribution in [2.75, 3.05) is 5.32 Å². The number of anilines is 1. The summed E-state index contributed by atoms with van der Waals surface area (Å²) in [4.78, 5) is 12.0. The van der Waals surface area contributed by atoms with Crippen LogP contribution in [0.25, 0.3) is 0 Å². The standard InChI is InChI=1S/C16H12BrFN2O2/c1-10(22-15-6-5-12(17)8-14(15)18)16(21)20-13-4-2-3-11(7-13)9-19/h2-8,10H,1H3,(H,20,21)/t10-/m0/s1. The van der Waals surface area contributed by atoms with Crippen LogP contribution in [0.1, 0.15) is 12.5 Å². The first kappa shape index (κ1) is 16.0. The molecule has 1 N–H and O–H groups in total. The van der Waals surface area contributed by atoms with Crippen molar-refractivity contribution in [2.45, 2.75) is 13.0 Å². The zero-order chi connectivity index (χ0) is 16.1. The van der Waals surface area contributed by atoms with Crippen LogP contribution in [0.3, 0.4) is 0 Å². The molecule has 6 heteroatoms. The molecule has 1 amide bonds. The summed E-state index contributed by atoms with van der Waals surface area (Å²) in [7, 11) is 0. The minimum absolute atomic E-state index is 0.00312. The molecule has 1 atom stereocenters. The van der Waals surface area contributed by atoms with Crippen molar-refractivity contribution in [1.29, 1.82) is 5.26 Å². The molecule has 0 aromatic heterocycles. The average Bonchev–Trinajstić information content (AvgIpc) is 2.50. The van der Waals surface area contributed by atoms with Gasteiger partial charge in [0.15, 0.2) is 17.7 Å². The molecule has 2 rings (SSSR count). The van der Waals surface area contributed by atoms with E-state index in [-0.39, 0.29) is 5.75 Å². The summed E-state index contributed by atoms with van der Waals surface area (Å²) < 4.78 is 19.6. The Morgan fingerprint density at radius 2 is 2.14 bits per heavy atom. The number of nitrogens with zero attached hydrogens (tertiary/aromatic N) is 1. The zero-order valence-electron chi connectivity index (χ0n) is 11.6. The van der Waals surface area contributed by atoms with E-state index in [1.54, 1.807) is 30.3 Å². The topological polar surface area (TPSA) is 62.1 Å². The number of hydrogen-bond donors (Lipinski definition) is 1. The highest BCUT2D eigenvalue weighted by Crippen LogP contribution is 2.22. The number of rotatable bonds is 4. The third-order valence-corrected chi connectivity index (χ3v) is 3.32. The fraction of sp³-hybridized carbons (Fsp3) is 0.125. The fourth-order valence-electron chi connectivity index (χ4n) is 1.73. The van der Waals surface area contributed by atoms with Crippen LogP contribution < -0.4 is 10.1 Å². The van der Waals surface area contributed by atoms with Gasteiger partial charge in [-0.3, -0.25) is 4.79 Å². The van der Waals surface area contributed by atoms with E-state index in [1.165, 1.54) is 19.1 Å². The average molecular weight is 363 g/mol. The van der Waals surface area contributed by atoms with Crippen LogP contribution in [0.4, 0.5) is 10.1 Å². The predicted molar refractivity (Wildman–Crippen MR) is 84.0 cm³/mol. The van der Waals surface area contributed by atoms with Gasteiger partial charge in [0.25, 0.3) is 5.91 Å². The number of carbonyl (C=O) groups excluding carboxylic acids is 1. The monoisotopic (exact) mass is 362 g/mol. The summed E-state index contributed by atoms with van der Waals surface area (Å²) in [6, 6.07) is 12.8. The summed E-state index contributed by atoms with van der Waals surface area (Å²) in [6.45, 7) is 1.52. The Morgan fingerprint density at radius 1 is 1.36 bits per heavy atom. The van der Waals surface area contributed by atoms with Crippen molar-refractivity contribution in [3.8, 4) is 11.8 Å². The molecule has 112 valence electrons. The van der Waals surface area contributed by atoms with Crippen molar-refractivity contribution in [3.63, 3.8) is 0 Å². The number of amides is 1. The van der Waals surface area contributed by atoms with E-state index in [0.29, 0.717) is 15.7 Å². The van der Waals surface area contributed by atoms with E-state index < -0.39 is 17.8 Å². The third-order valence-electron chi connectivity index (χ3n) is 2.83. The van der Waals surface area contributed by atoms with Gasteiger partial charge in [0.1, 0.15) is 0 Å². The van der Waals surface area contributed by atoms with Crippen LogP contribution in [-0.2, 0) is 4.79 Å². The molecule has 0 saturated heterocycles. The molecule has 0 radical (unpaired) electrons. The first-order valence-electron chi connectivity index (χ1n) is 6.42. The lowest BCUT2D eigenvalue weighted by atomic mass is 10.2. The first-order chi connectivity index (χ1) is 10.5. The second-order valence-electron chi connectivity index (χ2n) is 4.52. The number of nitriles is 1. The predicted octanol–water partition coefficient (Wildman–Crippen LogP) is 3.87. The highest BCUT2D eigenvalue weighted by Gasteiger charge is 2.17. The van der Waals surface area contributed by atoms with Gasteiger partial charge in [-0.15, -0.1) is 0 Å². The maximum atomic E-state index is 13.7. The lowest BCUT2D eigenvalue weighted by Gasteiger charge is -2.15. The van der Waals surface area contributed by atoms with Crippen LogP contribution >= 0.6 is 15.9 Å². The molecule has 4 nitrogen and oxygen atoms in total. The first-order valence-corrected chi connectivity index (χ1v) is 7.21. The fourth-order valence-corrected chi connectivity index (χ4v) is 2.06. The molecular formula is C16H12BrFN2O2. The highest BCUT2D eigenvalue weighted by molar-refractivity contribution is 9.10. The zero-order valence-corrected chi connectivity index (χ0v) is 13.2. The number of halogens is 2. The number of benzene rings is 2. The lowest BCUT2D eigenvalue weighted by Crippen LogP contribution is -2.30. The quantitative estimate of drug-likeness (QED) is 0.897. The Balaban J connectivity index is 2.04. The van der Waals surface area contributed by atoms with E-state index in [1.807, 2.05) is 6.07 Å². The normalized spacial score (nSPS) is 11.4. The molecule has 0 aliphatic rings. The smallest absolute Gasteiger partial charge is 0.265 e. The van der Waals surface area contributed by atoms with E-state index in [0.717, 1.165) is 0 Å². The van der Waals surface area contributed by atoms with Crippen molar-refractivity contribution in [3.05, 3.63) is 58.3 Å². The molecule has 0 fully saturated rings. The summed E-state index contributed by atoms with van der Waals surface area (Å²) in [5.74, 6) is -0.991. The third kappa shape index (κ3) is 4.06. The summed E-state index contributed by atoms with van der Waals surface area (Å²) in [6.07, 6.45) is -0.888. The largest absolute Gasteiger partial charge is 0.478 e. The van der Waals surface area contributed by atoms with Crippen LogP contribution in [0.2, 0.25) is 0 Å². The van der Waals surface area contributed by atoms with E-state index in [4.69, 9.17) is 10.00 Å². The van der Waals surface area contributed by atoms with Gasteiger partial charge in [0.2, 0.25) is 0 Å². The van der Waals surface area contributed by atoms with Gasteiger partial charge in [-0.25, -0.2) is 4.39 Å². The second-order valence-corrected chi connectivity index (χ2v) is 5.43. The summed E-state index contributed by atoms with van der Waals surface area (Å²) in [5, 5.41) is 11.4. The number of ether oxygens (including phenoxy) is 1. The molecule has 22 heavy (non-hydrogen) atoms. The van der Waals surface area contributed by atoms with Crippen LogP contribution in [0, 0.1) is 17.1 Å². The molecule has 0 unspecified atom stereocenters. The van der Waals surface area contributed by atoms with Gasteiger partial charge in [0, 0.05) is 10.2 Å². The van der Waals surface area contributed by atoms with Crippen LogP contribution in [0.5, 0.6) is 5.75 Å². The Bertz CT molecular complexity index is 743. The Morgan fingerprint density at radius 3 is 2.82 bits per heavy atom. The SMILES string of the molecule is C[C@H](Oc1ccc(Br)cc1F)C(=O)Nc1cccc(C#N)c1. The molecule has 0 aliphatic carbocycles. The van der Waals surface area contributed by atoms with Gasteiger partial charge in [-0.1, -0.05) is 22.0 Å². The minimum atomic E-state index is -0.888. The van der Waals surface area contributed by atoms with E-state index in [9.17, 15) is 9.18 Å². The van der Waals surface area contributed by atoms with Gasteiger partial charge < -0.3 is 10.1 Å². The maximum Gasteiger partial charge on any atom is 0.265 e. The Kier molecular flexibility index (Phi) is 5.12. The number of carbonyl (C=O) groups is 1. The van der Waals surface area contributed by atoms with Gasteiger partial charge in [-0.05, 0) is 43.3 Å². The van der Waals surface area contributed by atoms with Crippen LogP contribution in [0.15, 0.2) is 46.9 Å². The summed E-state index contributed by atoms with van der Waals surface area (Å²) >= 11 is 3.15. The molecule has 0 saturated carbocycles. The van der Waals surface area contributed by atoms with E-state index in [2.05, 4.69) is 21.2 Å². The van der Waals surface area contributed by atoms with Crippen molar-refractivity contribution >= 4 is 27.5 Å². The summed E-state index contributed by atoms with van der Waals surface area (Å²) in [5.41, 5.74) is 0.918. The number of nitrogens with one attached hydrogen (secondary N) is 1. The van der Waals surface area contributed by atoms with Crippen molar-refractivity contribution in [2.24, 2.45) is 0 Å². The molecule has 0 spiro atoms. The van der Waals surface area contributed by atoms with Crippen molar-refractivity contribution < 1.29 is 13.9 Å². The second kappa shape index (κ2) is 7.05. The van der Waals surface area contributed by atoms with Gasteiger partial charge in [0.05, 0.1) is 11.6 Å². The minimum Gasteiger partial charge on any atom is -0.478 e. The molecule has 0 heterocycles. The highest BCUT2D eigenvalue weighted by atomic mass is 79.9. The number of hydrogen-bond acceptors (Lipinski definition) is 3. The molecule has 0 bridgehead atoms. The maximum absolute atomic E-state index is 13.7. The van der Waals surface area contributed by atoms with Gasteiger partial charge in [-0.2, -0.15) is 5.26 Å². The molecular weight excluding hydrogens is 351 g/mol. The van der Waals surface area contributed by atoms with Crippen LogP contribution in [-0.4, -0.2) is 12.0 Å². The van der Waals surface area contributed by atoms with Crippen molar-refractivity contribution in [1.82, 2.24) is 0 Å². The van der Waals surface area contributed by atoms with E-state index >= 15 is 0 Å². The lowest BCUT2D eigenvalue weighted by molar-refractivity contribution is -0.122. The molecule has 0 aliphatic heterocycles.